The molecule has 1 amide bonds. The highest BCUT2D eigenvalue weighted by Gasteiger charge is 2.26. The van der Waals surface area contributed by atoms with E-state index in [2.05, 4.69) is 5.10 Å². The van der Waals surface area contributed by atoms with Crippen LogP contribution < -0.4 is 0 Å². The highest BCUT2D eigenvalue weighted by atomic mass is 16.4. The van der Waals surface area contributed by atoms with Gasteiger partial charge in [0.05, 0.1) is 5.69 Å². The average Bonchev–Trinajstić information content (AvgIpc) is 2.67. The molecular formula is C13H19N3O3. The molecule has 0 unspecified atom stereocenters. The maximum atomic E-state index is 12.1. The predicted octanol–water partition coefficient (Wildman–Crippen LogP) is 1.15. The van der Waals surface area contributed by atoms with Crippen molar-refractivity contribution < 1.29 is 14.7 Å². The molecule has 0 aromatic carbocycles. The monoisotopic (exact) mass is 265 g/mol. The molecule has 6 nitrogen and oxygen atoms in total. The predicted molar refractivity (Wildman–Crippen MR) is 71.3 cm³/mol. The lowest BCUT2D eigenvalue weighted by Crippen LogP contribution is -2.47. The number of amides is 1. The number of carbonyl (C=O) groups is 2. The number of carboxylic acid groups (broad SMARTS) is 1. The fraction of sp³-hybridized carbons (Fsp3) is 0.462. The second kappa shape index (κ2) is 5.69. The van der Waals surface area contributed by atoms with E-state index in [0.29, 0.717) is 0 Å². The number of hydrogen-bond acceptors (Lipinski definition) is 3. The summed E-state index contributed by atoms with van der Waals surface area (Å²) in [5.74, 6) is -1.37. The molecule has 6 heteroatoms. The molecule has 1 rings (SSSR count). The summed E-state index contributed by atoms with van der Waals surface area (Å²) in [6.45, 7) is 5.07. The second-order valence-electron chi connectivity index (χ2n) is 5.20. The van der Waals surface area contributed by atoms with Crippen LogP contribution >= 0.6 is 0 Å². The molecule has 0 atom stereocenters. The third kappa shape index (κ3) is 4.24. The summed E-state index contributed by atoms with van der Waals surface area (Å²) in [4.78, 5) is 24.2. The molecule has 0 saturated carbocycles. The first kappa shape index (κ1) is 14.9. The molecule has 0 radical (unpaired) electrons. The van der Waals surface area contributed by atoms with Crippen molar-refractivity contribution in [1.82, 2.24) is 14.7 Å². The van der Waals surface area contributed by atoms with Gasteiger partial charge in [-0.05, 0) is 32.9 Å². The van der Waals surface area contributed by atoms with Gasteiger partial charge in [0.15, 0.2) is 0 Å². The number of carboxylic acids is 1. The number of aromatic nitrogens is 2. The second-order valence-corrected chi connectivity index (χ2v) is 5.20. The molecule has 0 bridgehead atoms. The molecule has 0 saturated heterocycles. The summed E-state index contributed by atoms with van der Waals surface area (Å²) in [5.41, 5.74) is 0.226. The zero-order chi connectivity index (χ0) is 14.6. The summed E-state index contributed by atoms with van der Waals surface area (Å²) in [7, 11) is 1.77. The zero-order valence-corrected chi connectivity index (χ0v) is 11.6. The number of rotatable bonds is 4. The number of aryl methyl sites for hydroxylation is 1. The van der Waals surface area contributed by atoms with Gasteiger partial charge in [0, 0.05) is 24.9 Å². The van der Waals surface area contributed by atoms with Crippen LogP contribution in [0.1, 0.15) is 26.5 Å². The van der Waals surface area contributed by atoms with Crippen LogP contribution in [0.2, 0.25) is 0 Å². The Morgan fingerprint density at radius 1 is 1.47 bits per heavy atom. The Labute approximate surface area is 112 Å². The average molecular weight is 265 g/mol. The van der Waals surface area contributed by atoms with E-state index >= 15 is 0 Å². The van der Waals surface area contributed by atoms with Gasteiger partial charge in [-0.3, -0.25) is 14.3 Å². The molecule has 0 aliphatic heterocycles. The lowest BCUT2D eigenvalue weighted by molar-refractivity contribution is -0.145. The van der Waals surface area contributed by atoms with Gasteiger partial charge < -0.3 is 10.0 Å². The Hall–Kier alpha value is -2.11. The highest BCUT2D eigenvalue weighted by Crippen LogP contribution is 2.14. The molecule has 0 fully saturated rings. The van der Waals surface area contributed by atoms with Crippen molar-refractivity contribution in [3.8, 4) is 0 Å². The molecule has 0 aliphatic carbocycles. The number of aliphatic carboxylic acids is 1. The molecule has 0 spiro atoms. The Bertz CT molecular complexity index is 497. The molecule has 1 heterocycles. The zero-order valence-electron chi connectivity index (χ0n) is 11.6. The Morgan fingerprint density at radius 2 is 2.11 bits per heavy atom. The minimum atomic E-state index is -1.03. The Kier molecular flexibility index (Phi) is 4.47. The summed E-state index contributed by atoms with van der Waals surface area (Å²) in [6, 6.07) is 1.77. The minimum Gasteiger partial charge on any atom is -0.480 e. The Morgan fingerprint density at radius 3 is 2.53 bits per heavy atom. The van der Waals surface area contributed by atoms with Gasteiger partial charge in [-0.25, -0.2) is 0 Å². The van der Waals surface area contributed by atoms with Gasteiger partial charge in [0.2, 0.25) is 5.91 Å². The van der Waals surface area contributed by atoms with Crippen molar-refractivity contribution >= 4 is 18.0 Å². The molecule has 1 N–H and O–H groups in total. The topological polar surface area (TPSA) is 75.4 Å². The summed E-state index contributed by atoms with van der Waals surface area (Å²) in [5, 5.41) is 12.8. The van der Waals surface area contributed by atoms with Crippen LogP contribution in [0.4, 0.5) is 0 Å². The van der Waals surface area contributed by atoms with Gasteiger partial charge in [0.25, 0.3) is 0 Å². The van der Waals surface area contributed by atoms with E-state index in [1.807, 2.05) is 0 Å². The van der Waals surface area contributed by atoms with E-state index in [0.717, 1.165) is 5.69 Å². The molecule has 1 aromatic rings. The third-order valence-corrected chi connectivity index (χ3v) is 2.62. The first-order chi connectivity index (χ1) is 8.71. The summed E-state index contributed by atoms with van der Waals surface area (Å²) < 4.78 is 1.63. The molecular weight excluding hydrogens is 246 g/mol. The van der Waals surface area contributed by atoms with Crippen molar-refractivity contribution in [2.45, 2.75) is 26.3 Å². The maximum absolute atomic E-state index is 12.1. The molecule has 19 heavy (non-hydrogen) atoms. The van der Waals surface area contributed by atoms with E-state index in [-0.39, 0.29) is 12.5 Å². The first-order valence-corrected chi connectivity index (χ1v) is 5.91. The van der Waals surface area contributed by atoms with Gasteiger partial charge >= 0.3 is 5.97 Å². The largest absolute Gasteiger partial charge is 0.480 e. The Balaban J connectivity index is 2.86. The lowest BCUT2D eigenvalue weighted by atomic mass is 10.1. The van der Waals surface area contributed by atoms with Gasteiger partial charge in [-0.15, -0.1) is 0 Å². The summed E-state index contributed by atoms with van der Waals surface area (Å²) in [6.07, 6.45) is 4.62. The summed E-state index contributed by atoms with van der Waals surface area (Å²) >= 11 is 0. The van der Waals surface area contributed by atoms with E-state index in [4.69, 9.17) is 5.11 Å². The van der Waals surface area contributed by atoms with Gasteiger partial charge in [-0.1, -0.05) is 0 Å². The van der Waals surface area contributed by atoms with Crippen LogP contribution in [0.15, 0.2) is 18.3 Å². The van der Waals surface area contributed by atoms with E-state index in [9.17, 15) is 9.59 Å². The number of nitrogens with zero attached hydrogens (tertiary/aromatic N) is 3. The lowest BCUT2D eigenvalue weighted by Gasteiger charge is -2.33. The van der Waals surface area contributed by atoms with Gasteiger partial charge in [-0.2, -0.15) is 5.10 Å². The minimum absolute atomic E-state index is 0.321. The highest BCUT2D eigenvalue weighted by molar-refractivity contribution is 5.93. The normalized spacial score (nSPS) is 11.8. The van der Waals surface area contributed by atoms with Crippen molar-refractivity contribution in [2.24, 2.45) is 7.05 Å². The van der Waals surface area contributed by atoms with E-state index < -0.39 is 11.5 Å². The first-order valence-electron chi connectivity index (χ1n) is 5.91. The smallest absolute Gasteiger partial charge is 0.323 e. The van der Waals surface area contributed by atoms with Crippen molar-refractivity contribution in [3.63, 3.8) is 0 Å². The van der Waals surface area contributed by atoms with E-state index in [1.54, 1.807) is 50.8 Å². The standard InChI is InChI=1S/C13H19N3O3/c1-13(2,3)16(9-12(18)19)11(17)6-5-10-7-8-14-15(10)4/h5-8H,9H2,1-4H3,(H,18,19). The van der Waals surface area contributed by atoms with Crippen LogP contribution in [-0.4, -0.2) is 43.7 Å². The van der Waals surface area contributed by atoms with Crippen molar-refractivity contribution in [2.75, 3.05) is 6.54 Å². The van der Waals surface area contributed by atoms with Gasteiger partial charge in [0.1, 0.15) is 6.54 Å². The number of hydrogen-bond donors (Lipinski definition) is 1. The molecule has 104 valence electrons. The quantitative estimate of drug-likeness (QED) is 0.828. The fourth-order valence-electron chi connectivity index (χ4n) is 1.58. The van der Waals surface area contributed by atoms with Crippen molar-refractivity contribution in [3.05, 3.63) is 24.0 Å². The molecule has 1 aromatic heterocycles. The van der Waals surface area contributed by atoms with Crippen LogP contribution in [0.25, 0.3) is 6.08 Å². The maximum Gasteiger partial charge on any atom is 0.323 e. The van der Waals surface area contributed by atoms with Crippen LogP contribution in [-0.2, 0) is 16.6 Å². The van der Waals surface area contributed by atoms with Crippen LogP contribution in [0.3, 0.4) is 0 Å². The number of carbonyl (C=O) groups excluding carboxylic acids is 1. The van der Waals surface area contributed by atoms with E-state index in [1.165, 1.54) is 11.0 Å². The van der Waals surface area contributed by atoms with Crippen LogP contribution in [0.5, 0.6) is 0 Å². The third-order valence-electron chi connectivity index (χ3n) is 2.62. The van der Waals surface area contributed by atoms with Crippen LogP contribution in [0, 0.1) is 0 Å². The SMILES string of the molecule is Cn1nccc1C=CC(=O)N(CC(=O)O)C(C)(C)C. The fourth-order valence-corrected chi connectivity index (χ4v) is 1.58. The molecule has 0 aliphatic rings. The van der Waals surface area contributed by atoms with Crippen molar-refractivity contribution in [1.29, 1.82) is 0 Å².